The Hall–Kier alpha value is -2.14. The summed E-state index contributed by atoms with van der Waals surface area (Å²) in [4.78, 5) is 25.3. The van der Waals surface area contributed by atoms with E-state index in [1.165, 1.54) is 11.3 Å². The molecule has 1 aromatic heterocycles. The number of carbonyl (C=O) groups excluding carboxylic acids is 2. The number of thiophene rings is 1. The Labute approximate surface area is 147 Å². The van der Waals surface area contributed by atoms with E-state index in [1.807, 2.05) is 65.8 Å². The topological polar surface area (TPSA) is 58.2 Å². The maximum absolute atomic E-state index is 12.6. The maximum atomic E-state index is 12.6. The van der Waals surface area contributed by atoms with E-state index < -0.39 is 5.41 Å². The Morgan fingerprint density at radius 1 is 0.958 bits per heavy atom. The fourth-order valence-electron chi connectivity index (χ4n) is 2.12. The molecule has 0 fully saturated rings. The van der Waals surface area contributed by atoms with Gasteiger partial charge in [0, 0.05) is 11.1 Å². The first kappa shape index (κ1) is 18.2. The number of rotatable bonds is 3. The minimum atomic E-state index is -0.473. The SMILES string of the molecule is Cc1ccc(C)c(NC(=O)c2sc(NC(=O)C(C)(C)C)cc2C)c1. The molecule has 0 saturated carbocycles. The molecule has 0 unspecified atom stereocenters. The molecule has 0 bridgehead atoms. The van der Waals surface area contributed by atoms with Crippen LogP contribution in [0, 0.1) is 26.2 Å². The van der Waals surface area contributed by atoms with Crippen LogP contribution < -0.4 is 10.6 Å². The summed E-state index contributed by atoms with van der Waals surface area (Å²) in [5.41, 5.74) is 3.31. The second-order valence-electron chi connectivity index (χ2n) is 7.10. The minimum absolute atomic E-state index is 0.0646. The first-order valence-corrected chi connectivity index (χ1v) is 8.70. The smallest absolute Gasteiger partial charge is 0.266 e. The van der Waals surface area contributed by atoms with Gasteiger partial charge in [0.1, 0.15) is 0 Å². The highest BCUT2D eigenvalue weighted by Crippen LogP contribution is 2.29. The molecule has 1 heterocycles. The van der Waals surface area contributed by atoms with E-state index in [1.54, 1.807) is 0 Å². The zero-order chi connectivity index (χ0) is 18.1. The van der Waals surface area contributed by atoms with Crippen molar-refractivity contribution in [1.29, 1.82) is 0 Å². The fraction of sp³-hybridized carbons (Fsp3) is 0.368. The third-order valence-electron chi connectivity index (χ3n) is 3.68. The zero-order valence-corrected chi connectivity index (χ0v) is 15.9. The summed E-state index contributed by atoms with van der Waals surface area (Å²) in [5.74, 6) is -0.215. The van der Waals surface area contributed by atoms with Crippen molar-refractivity contribution < 1.29 is 9.59 Å². The van der Waals surface area contributed by atoms with Crippen LogP contribution in [-0.4, -0.2) is 11.8 Å². The molecule has 2 amide bonds. The predicted molar refractivity (Wildman–Crippen MR) is 101 cm³/mol. The van der Waals surface area contributed by atoms with Gasteiger partial charge in [0.25, 0.3) is 5.91 Å². The first-order valence-electron chi connectivity index (χ1n) is 7.88. The molecule has 4 nitrogen and oxygen atoms in total. The van der Waals surface area contributed by atoms with E-state index >= 15 is 0 Å². The Morgan fingerprint density at radius 2 is 1.62 bits per heavy atom. The van der Waals surface area contributed by atoms with Crippen LogP contribution in [0.1, 0.15) is 47.1 Å². The molecule has 2 N–H and O–H groups in total. The monoisotopic (exact) mass is 344 g/mol. The van der Waals surface area contributed by atoms with Crippen molar-refractivity contribution in [2.45, 2.75) is 41.5 Å². The summed E-state index contributed by atoms with van der Waals surface area (Å²) in [7, 11) is 0. The van der Waals surface area contributed by atoms with Gasteiger partial charge in [0.05, 0.1) is 9.88 Å². The summed E-state index contributed by atoms with van der Waals surface area (Å²) in [6, 6.07) is 7.80. The molecule has 2 rings (SSSR count). The second kappa shape index (κ2) is 6.77. The van der Waals surface area contributed by atoms with Crippen LogP contribution in [0.4, 0.5) is 10.7 Å². The number of nitrogens with one attached hydrogen (secondary N) is 2. The highest BCUT2D eigenvalue weighted by Gasteiger charge is 2.23. The first-order chi connectivity index (χ1) is 11.1. The Balaban J connectivity index is 2.19. The van der Waals surface area contributed by atoms with E-state index in [9.17, 15) is 9.59 Å². The molecular weight excluding hydrogens is 320 g/mol. The van der Waals surface area contributed by atoms with Gasteiger partial charge in [0.2, 0.25) is 5.91 Å². The molecule has 0 spiro atoms. The highest BCUT2D eigenvalue weighted by molar-refractivity contribution is 7.18. The number of amides is 2. The van der Waals surface area contributed by atoms with Gasteiger partial charge in [-0.25, -0.2) is 0 Å². The highest BCUT2D eigenvalue weighted by atomic mass is 32.1. The van der Waals surface area contributed by atoms with Crippen molar-refractivity contribution >= 4 is 33.8 Å². The van der Waals surface area contributed by atoms with Gasteiger partial charge in [0.15, 0.2) is 0 Å². The lowest BCUT2D eigenvalue weighted by Gasteiger charge is -2.16. The van der Waals surface area contributed by atoms with Gasteiger partial charge in [-0.3, -0.25) is 9.59 Å². The third-order valence-corrected chi connectivity index (χ3v) is 4.83. The lowest BCUT2D eigenvalue weighted by molar-refractivity contribution is -0.123. The Bertz CT molecular complexity index is 785. The van der Waals surface area contributed by atoms with Crippen LogP contribution in [0.25, 0.3) is 0 Å². The van der Waals surface area contributed by atoms with Crippen molar-refractivity contribution in [1.82, 2.24) is 0 Å². The van der Waals surface area contributed by atoms with Gasteiger partial charge in [-0.05, 0) is 49.6 Å². The maximum Gasteiger partial charge on any atom is 0.266 e. The quantitative estimate of drug-likeness (QED) is 0.831. The lowest BCUT2D eigenvalue weighted by atomic mass is 9.96. The number of benzene rings is 1. The van der Waals surface area contributed by atoms with E-state index in [0.717, 1.165) is 22.4 Å². The summed E-state index contributed by atoms with van der Waals surface area (Å²) >= 11 is 1.30. The van der Waals surface area contributed by atoms with E-state index in [2.05, 4.69) is 10.6 Å². The molecule has 2 aromatic rings. The average molecular weight is 344 g/mol. The van der Waals surface area contributed by atoms with Crippen LogP contribution in [0.5, 0.6) is 0 Å². The predicted octanol–water partition coefficient (Wildman–Crippen LogP) is 4.91. The van der Waals surface area contributed by atoms with Crippen LogP contribution in [-0.2, 0) is 4.79 Å². The van der Waals surface area contributed by atoms with Crippen molar-refractivity contribution in [2.24, 2.45) is 5.41 Å². The molecule has 24 heavy (non-hydrogen) atoms. The lowest BCUT2D eigenvalue weighted by Crippen LogP contribution is -2.27. The molecule has 128 valence electrons. The standard InChI is InChI=1S/C19H24N2O2S/c1-11-7-8-12(2)14(9-11)20-17(22)16-13(3)10-15(24-16)21-18(23)19(4,5)6/h7-10H,1-6H3,(H,20,22)(H,21,23). The van der Waals surface area contributed by atoms with E-state index in [4.69, 9.17) is 0 Å². The van der Waals surface area contributed by atoms with Gasteiger partial charge in [-0.15, -0.1) is 11.3 Å². The largest absolute Gasteiger partial charge is 0.321 e. The molecule has 1 aromatic carbocycles. The van der Waals surface area contributed by atoms with Gasteiger partial charge < -0.3 is 10.6 Å². The summed E-state index contributed by atoms with van der Waals surface area (Å²) in [6.45, 7) is 11.4. The van der Waals surface area contributed by atoms with Gasteiger partial charge in [-0.2, -0.15) is 0 Å². The summed E-state index contributed by atoms with van der Waals surface area (Å²) < 4.78 is 0. The van der Waals surface area contributed by atoms with Crippen LogP contribution in [0.3, 0.4) is 0 Å². The van der Waals surface area contributed by atoms with Crippen LogP contribution in [0.2, 0.25) is 0 Å². The van der Waals surface area contributed by atoms with Crippen molar-refractivity contribution in [3.8, 4) is 0 Å². The number of carbonyl (C=O) groups is 2. The third kappa shape index (κ3) is 4.23. The molecule has 0 aliphatic heterocycles. The molecule has 5 heteroatoms. The van der Waals surface area contributed by atoms with Gasteiger partial charge in [-0.1, -0.05) is 32.9 Å². The molecule has 0 aliphatic carbocycles. The molecule has 0 radical (unpaired) electrons. The minimum Gasteiger partial charge on any atom is -0.321 e. The van der Waals surface area contributed by atoms with E-state index in [-0.39, 0.29) is 11.8 Å². The van der Waals surface area contributed by atoms with Gasteiger partial charge >= 0.3 is 0 Å². The fourth-order valence-corrected chi connectivity index (χ4v) is 3.08. The van der Waals surface area contributed by atoms with E-state index in [0.29, 0.717) is 9.88 Å². The molecule has 0 saturated heterocycles. The van der Waals surface area contributed by atoms with Crippen molar-refractivity contribution in [3.05, 3.63) is 45.8 Å². The van der Waals surface area contributed by atoms with Crippen molar-refractivity contribution in [2.75, 3.05) is 10.6 Å². The Morgan fingerprint density at radius 3 is 2.25 bits per heavy atom. The molecular formula is C19H24N2O2S. The zero-order valence-electron chi connectivity index (χ0n) is 15.0. The number of anilines is 2. The number of hydrogen-bond acceptors (Lipinski definition) is 3. The molecule has 0 atom stereocenters. The Kier molecular flexibility index (Phi) is 5.13. The molecule has 0 aliphatic rings. The second-order valence-corrected chi connectivity index (χ2v) is 8.15. The van der Waals surface area contributed by atoms with Crippen LogP contribution in [0.15, 0.2) is 24.3 Å². The van der Waals surface area contributed by atoms with Crippen LogP contribution >= 0.6 is 11.3 Å². The number of hydrogen-bond donors (Lipinski definition) is 2. The summed E-state index contributed by atoms with van der Waals surface area (Å²) in [6.07, 6.45) is 0. The van der Waals surface area contributed by atoms with Crippen molar-refractivity contribution in [3.63, 3.8) is 0 Å². The average Bonchev–Trinajstić information content (AvgIpc) is 2.82. The number of aryl methyl sites for hydroxylation is 3. The summed E-state index contributed by atoms with van der Waals surface area (Å²) in [5, 5.41) is 6.54. The normalized spacial score (nSPS) is 11.2.